The Labute approximate surface area is 141 Å². The molecule has 1 aliphatic rings. The molecule has 5 nitrogen and oxygen atoms in total. The summed E-state index contributed by atoms with van der Waals surface area (Å²) in [6.45, 7) is 6.06. The summed E-state index contributed by atoms with van der Waals surface area (Å²) in [5.41, 5.74) is 4.63. The van der Waals surface area contributed by atoms with Crippen LogP contribution in [0, 0.1) is 11.3 Å². The molecule has 0 atom stereocenters. The van der Waals surface area contributed by atoms with E-state index < -0.39 is 0 Å². The van der Waals surface area contributed by atoms with E-state index in [4.69, 9.17) is 4.98 Å². The number of aromatic nitrogens is 2. The van der Waals surface area contributed by atoms with E-state index in [0.29, 0.717) is 5.56 Å². The normalized spacial score (nSPS) is 15.1. The van der Waals surface area contributed by atoms with Gasteiger partial charge >= 0.3 is 0 Å². The zero-order valence-electron chi connectivity index (χ0n) is 13.9. The molecular weight excluding hydrogens is 298 g/mol. The van der Waals surface area contributed by atoms with Crippen LogP contribution in [-0.2, 0) is 6.42 Å². The highest BCUT2D eigenvalue weighted by molar-refractivity contribution is 5.85. The molecule has 122 valence electrons. The van der Waals surface area contributed by atoms with E-state index in [-0.39, 0.29) is 0 Å². The summed E-state index contributed by atoms with van der Waals surface area (Å²) in [6, 6.07) is 12.7. The second-order valence-electron chi connectivity index (χ2n) is 6.26. The van der Waals surface area contributed by atoms with Crippen molar-refractivity contribution in [2.45, 2.75) is 19.8 Å². The molecule has 0 amide bonds. The Morgan fingerprint density at radius 1 is 1.25 bits per heavy atom. The van der Waals surface area contributed by atoms with Crippen LogP contribution in [0.2, 0.25) is 0 Å². The van der Waals surface area contributed by atoms with Crippen molar-refractivity contribution in [2.24, 2.45) is 0 Å². The third-order valence-electron chi connectivity index (χ3n) is 4.71. The fourth-order valence-electron chi connectivity index (χ4n) is 3.58. The largest absolute Gasteiger partial charge is 0.355 e. The number of pyridine rings is 1. The Balaban J connectivity index is 2.06. The van der Waals surface area contributed by atoms with Crippen LogP contribution >= 0.6 is 0 Å². The molecule has 1 fully saturated rings. The molecule has 5 heteroatoms. The number of piperazine rings is 1. The van der Waals surface area contributed by atoms with Crippen molar-refractivity contribution in [3.8, 4) is 6.07 Å². The van der Waals surface area contributed by atoms with Gasteiger partial charge in [0.1, 0.15) is 11.9 Å². The maximum absolute atomic E-state index is 9.74. The van der Waals surface area contributed by atoms with Crippen molar-refractivity contribution in [3.63, 3.8) is 0 Å². The SMILES string of the molecule is CCCc1cc(N2CCNCC2)n2c(nc3ccccc32)c1C#N. The predicted octanol–water partition coefficient (Wildman–Crippen LogP) is 2.72. The number of anilines is 1. The molecule has 2 aromatic heterocycles. The Bertz CT molecular complexity index is 928. The van der Waals surface area contributed by atoms with Gasteiger partial charge in [0.05, 0.1) is 16.6 Å². The van der Waals surface area contributed by atoms with Crippen LogP contribution in [0.15, 0.2) is 30.3 Å². The number of hydrogen-bond donors (Lipinski definition) is 1. The fourth-order valence-corrected chi connectivity index (χ4v) is 3.58. The van der Waals surface area contributed by atoms with Crippen LogP contribution in [0.5, 0.6) is 0 Å². The number of fused-ring (bicyclic) bond motifs is 3. The van der Waals surface area contributed by atoms with E-state index >= 15 is 0 Å². The quantitative estimate of drug-likeness (QED) is 0.806. The minimum Gasteiger partial charge on any atom is -0.355 e. The maximum Gasteiger partial charge on any atom is 0.157 e. The average Bonchev–Trinajstić information content (AvgIpc) is 3.01. The van der Waals surface area contributed by atoms with Gasteiger partial charge < -0.3 is 10.2 Å². The van der Waals surface area contributed by atoms with Crippen molar-refractivity contribution in [3.05, 3.63) is 41.5 Å². The standard InChI is InChI=1S/C19H21N5/c1-2-5-14-12-18(23-10-8-21-9-11-23)24-17-7-4-3-6-16(17)22-19(24)15(14)13-20/h3-4,6-7,12,21H,2,5,8-11H2,1H3. The molecule has 3 heterocycles. The number of aryl methyl sites for hydroxylation is 1. The Hall–Kier alpha value is -2.58. The molecule has 1 saturated heterocycles. The number of para-hydroxylation sites is 2. The van der Waals surface area contributed by atoms with Crippen LogP contribution in [0.1, 0.15) is 24.5 Å². The van der Waals surface area contributed by atoms with Gasteiger partial charge in [-0.15, -0.1) is 0 Å². The van der Waals surface area contributed by atoms with Crippen molar-refractivity contribution in [1.29, 1.82) is 5.26 Å². The van der Waals surface area contributed by atoms with Crippen molar-refractivity contribution in [1.82, 2.24) is 14.7 Å². The van der Waals surface area contributed by atoms with Gasteiger partial charge in [0.15, 0.2) is 5.65 Å². The number of nitrogens with one attached hydrogen (secondary N) is 1. The van der Waals surface area contributed by atoms with Gasteiger partial charge in [0.25, 0.3) is 0 Å². The van der Waals surface area contributed by atoms with Gasteiger partial charge in [-0.2, -0.15) is 5.26 Å². The summed E-state index contributed by atoms with van der Waals surface area (Å²) < 4.78 is 2.17. The van der Waals surface area contributed by atoms with Crippen LogP contribution in [0.4, 0.5) is 5.82 Å². The van der Waals surface area contributed by atoms with Crippen LogP contribution in [0.3, 0.4) is 0 Å². The molecule has 0 saturated carbocycles. The van der Waals surface area contributed by atoms with E-state index in [2.05, 4.69) is 39.7 Å². The van der Waals surface area contributed by atoms with Crippen LogP contribution in [-0.4, -0.2) is 35.6 Å². The number of imidazole rings is 1. The first-order chi connectivity index (χ1) is 11.8. The fraction of sp³-hybridized carbons (Fsp3) is 0.368. The highest BCUT2D eigenvalue weighted by Crippen LogP contribution is 2.29. The summed E-state index contributed by atoms with van der Waals surface area (Å²) in [4.78, 5) is 7.18. The van der Waals surface area contributed by atoms with Crippen molar-refractivity contribution < 1.29 is 0 Å². The van der Waals surface area contributed by atoms with Gasteiger partial charge in [0, 0.05) is 26.2 Å². The zero-order valence-corrected chi connectivity index (χ0v) is 13.9. The van der Waals surface area contributed by atoms with Gasteiger partial charge in [-0.1, -0.05) is 25.5 Å². The van der Waals surface area contributed by atoms with E-state index in [1.54, 1.807) is 0 Å². The topological polar surface area (TPSA) is 56.4 Å². The molecule has 1 aromatic carbocycles. The smallest absolute Gasteiger partial charge is 0.157 e. The molecule has 0 radical (unpaired) electrons. The van der Waals surface area contributed by atoms with E-state index in [1.807, 2.05) is 18.2 Å². The van der Waals surface area contributed by atoms with E-state index in [0.717, 1.165) is 67.1 Å². The van der Waals surface area contributed by atoms with E-state index in [9.17, 15) is 5.26 Å². The second kappa shape index (κ2) is 6.14. The molecule has 0 spiro atoms. The summed E-state index contributed by atoms with van der Waals surface area (Å²) in [5, 5.41) is 13.1. The first kappa shape index (κ1) is 15.0. The number of nitriles is 1. The first-order valence-corrected chi connectivity index (χ1v) is 8.62. The lowest BCUT2D eigenvalue weighted by Gasteiger charge is -2.30. The first-order valence-electron chi connectivity index (χ1n) is 8.62. The number of rotatable bonds is 3. The van der Waals surface area contributed by atoms with Crippen molar-refractivity contribution >= 4 is 22.5 Å². The van der Waals surface area contributed by atoms with Gasteiger partial charge in [-0.25, -0.2) is 4.98 Å². The molecule has 24 heavy (non-hydrogen) atoms. The number of nitrogens with zero attached hydrogens (tertiary/aromatic N) is 4. The lowest BCUT2D eigenvalue weighted by atomic mass is 10.1. The molecule has 0 aliphatic carbocycles. The molecule has 1 N–H and O–H groups in total. The van der Waals surface area contributed by atoms with E-state index in [1.165, 1.54) is 0 Å². The van der Waals surface area contributed by atoms with Crippen LogP contribution < -0.4 is 10.2 Å². The molecule has 0 bridgehead atoms. The second-order valence-corrected chi connectivity index (χ2v) is 6.26. The third-order valence-corrected chi connectivity index (χ3v) is 4.71. The molecule has 4 rings (SSSR count). The molecule has 3 aromatic rings. The molecule has 1 aliphatic heterocycles. The highest BCUT2D eigenvalue weighted by atomic mass is 15.3. The summed E-state index contributed by atoms with van der Waals surface area (Å²) >= 11 is 0. The number of hydrogen-bond acceptors (Lipinski definition) is 4. The maximum atomic E-state index is 9.74. The van der Waals surface area contributed by atoms with Gasteiger partial charge in [-0.05, 0) is 30.2 Å². The minimum atomic E-state index is 0.715. The monoisotopic (exact) mass is 319 g/mol. The Kier molecular flexibility index (Phi) is 3.83. The lowest BCUT2D eigenvalue weighted by molar-refractivity contribution is 0.583. The summed E-state index contributed by atoms with van der Waals surface area (Å²) in [5.74, 6) is 1.16. The Morgan fingerprint density at radius 2 is 2.04 bits per heavy atom. The molecular formula is C19H21N5. The Morgan fingerprint density at radius 3 is 2.79 bits per heavy atom. The number of benzene rings is 1. The zero-order chi connectivity index (χ0) is 16.5. The lowest BCUT2D eigenvalue weighted by Crippen LogP contribution is -2.44. The summed E-state index contributed by atoms with van der Waals surface area (Å²) in [6.07, 6.45) is 1.92. The highest BCUT2D eigenvalue weighted by Gasteiger charge is 2.20. The van der Waals surface area contributed by atoms with Gasteiger partial charge in [-0.3, -0.25) is 4.40 Å². The average molecular weight is 319 g/mol. The summed E-state index contributed by atoms with van der Waals surface area (Å²) in [7, 11) is 0. The molecule has 0 unspecified atom stereocenters. The van der Waals surface area contributed by atoms with Gasteiger partial charge in [0.2, 0.25) is 0 Å². The predicted molar refractivity (Wildman–Crippen MR) is 96.5 cm³/mol. The van der Waals surface area contributed by atoms with Crippen LogP contribution in [0.25, 0.3) is 16.7 Å². The van der Waals surface area contributed by atoms with Crippen molar-refractivity contribution in [2.75, 3.05) is 31.1 Å². The third kappa shape index (κ3) is 2.31. The minimum absolute atomic E-state index is 0.715.